The lowest BCUT2D eigenvalue weighted by molar-refractivity contribution is 0.0827. The van der Waals surface area contributed by atoms with Crippen molar-refractivity contribution in [1.29, 1.82) is 0 Å². The molecule has 0 aliphatic carbocycles. The molecular formula is C20H28FN5O2S. The van der Waals surface area contributed by atoms with Crippen LogP contribution in [0.2, 0.25) is 0 Å². The van der Waals surface area contributed by atoms with Gasteiger partial charge in [-0.25, -0.2) is 17.8 Å². The quantitative estimate of drug-likeness (QED) is 0.738. The Bertz CT molecular complexity index is 959. The molecule has 0 unspecified atom stereocenters. The zero-order valence-electron chi connectivity index (χ0n) is 17.1. The monoisotopic (exact) mass is 421 g/mol. The minimum Gasteiger partial charge on any atom is -0.369 e. The van der Waals surface area contributed by atoms with Crippen molar-refractivity contribution in [2.75, 3.05) is 44.2 Å². The van der Waals surface area contributed by atoms with Crippen LogP contribution in [-0.4, -0.2) is 72.5 Å². The normalized spacial score (nSPS) is 19.7. The second-order valence-corrected chi connectivity index (χ2v) is 10.1. The van der Waals surface area contributed by atoms with E-state index < -0.39 is 10.0 Å². The minimum absolute atomic E-state index is 0.142. The zero-order chi connectivity index (χ0) is 20.8. The predicted octanol–water partition coefficient (Wildman–Crippen LogP) is 1.88. The van der Waals surface area contributed by atoms with Crippen molar-refractivity contribution in [2.45, 2.75) is 30.8 Å². The van der Waals surface area contributed by atoms with E-state index in [1.54, 1.807) is 22.9 Å². The van der Waals surface area contributed by atoms with E-state index in [0.717, 1.165) is 37.7 Å². The van der Waals surface area contributed by atoms with E-state index in [1.165, 1.54) is 16.4 Å². The summed E-state index contributed by atoms with van der Waals surface area (Å²) in [6.07, 6.45) is 1.61. The van der Waals surface area contributed by atoms with Crippen molar-refractivity contribution < 1.29 is 12.8 Å². The van der Waals surface area contributed by atoms with Crippen LogP contribution in [0.25, 0.3) is 0 Å². The maximum atomic E-state index is 13.1. The molecule has 29 heavy (non-hydrogen) atoms. The molecule has 0 amide bonds. The molecule has 2 aromatic rings. The van der Waals surface area contributed by atoms with Crippen LogP contribution in [0, 0.1) is 5.82 Å². The molecule has 2 saturated heterocycles. The van der Waals surface area contributed by atoms with Crippen LogP contribution < -0.4 is 4.90 Å². The van der Waals surface area contributed by atoms with E-state index in [9.17, 15) is 12.8 Å². The van der Waals surface area contributed by atoms with Gasteiger partial charge in [-0.3, -0.25) is 4.90 Å². The molecule has 7 nitrogen and oxygen atoms in total. The molecule has 1 aromatic carbocycles. The van der Waals surface area contributed by atoms with E-state index in [1.807, 2.05) is 20.9 Å². The number of benzene rings is 1. The first-order chi connectivity index (χ1) is 13.8. The summed E-state index contributed by atoms with van der Waals surface area (Å²) in [5.41, 5.74) is 1.03. The van der Waals surface area contributed by atoms with Crippen LogP contribution in [-0.2, 0) is 17.1 Å². The van der Waals surface area contributed by atoms with E-state index in [2.05, 4.69) is 14.8 Å². The average Bonchev–Trinajstić information content (AvgIpc) is 3.05. The Kier molecular flexibility index (Phi) is 5.39. The lowest BCUT2D eigenvalue weighted by atomic mass is 10.1. The lowest BCUT2D eigenvalue weighted by Crippen LogP contribution is -2.64. The summed E-state index contributed by atoms with van der Waals surface area (Å²) in [5.74, 6) is 0.722. The Morgan fingerprint density at radius 2 is 1.69 bits per heavy atom. The van der Waals surface area contributed by atoms with E-state index in [-0.39, 0.29) is 22.8 Å². The van der Waals surface area contributed by atoms with Gasteiger partial charge in [0.05, 0.1) is 0 Å². The summed E-state index contributed by atoms with van der Waals surface area (Å²) < 4.78 is 42.2. The Morgan fingerprint density at radius 1 is 1.07 bits per heavy atom. The van der Waals surface area contributed by atoms with Crippen LogP contribution in [0.15, 0.2) is 35.5 Å². The fourth-order valence-electron chi connectivity index (χ4n) is 4.09. The minimum atomic E-state index is -3.54. The molecule has 4 rings (SSSR count). The SMILES string of the molecule is CC(C)c1nc(S(=O)(=O)N2CC(N3CCN(c4ccc(F)cc4)CC3)C2)cn1C. The topological polar surface area (TPSA) is 61.7 Å². The standard InChI is InChI=1S/C20H28FN5O2S/c1-15(2)20-22-19(14-23(20)3)29(27,28)26-12-18(13-26)25-10-8-24(9-11-25)17-6-4-16(21)5-7-17/h4-7,14-15,18H,8-13H2,1-3H3. The fourth-order valence-corrected chi connectivity index (χ4v) is 5.59. The van der Waals surface area contributed by atoms with Crippen LogP contribution >= 0.6 is 0 Å². The number of sulfonamides is 1. The lowest BCUT2D eigenvalue weighted by Gasteiger charge is -2.47. The molecule has 0 atom stereocenters. The summed E-state index contributed by atoms with van der Waals surface area (Å²) >= 11 is 0. The third-order valence-electron chi connectivity index (χ3n) is 5.86. The molecule has 0 saturated carbocycles. The van der Waals surface area contributed by atoms with Crippen molar-refractivity contribution in [3.05, 3.63) is 42.1 Å². The second kappa shape index (κ2) is 7.70. The molecule has 9 heteroatoms. The summed E-state index contributed by atoms with van der Waals surface area (Å²) in [4.78, 5) is 8.95. The van der Waals surface area contributed by atoms with E-state index >= 15 is 0 Å². The number of halogens is 1. The molecule has 158 valence electrons. The number of hydrogen-bond acceptors (Lipinski definition) is 5. The van der Waals surface area contributed by atoms with Gasteiger partial charge >= 0.3 is 0 Å². The average molecular weight is 422 g/mol. The van der Waals surface area contributed by atoms with Gasteiger partial charge in [-0.15, -0.1) is 0 Å². The number of hydrogen-bond donors (Lipinski definition) is 0. The third kappa shape index (κ3) is 3.91. The molecule has 1 aromatic heterocycles. The van der Waals surface area contributed by atoms with Crippen molar-refractivity contribution in [3.8, 4) is 0 Å². The molecular weight excluding hydrogens is 393 g/mol. The van der Waals surface area contributed by atoms with Crippen LogP contribution in [0.4, 0.5) is 10.1 Å². The van der Waals surface area contributed by atoms with Crippen molar-refractivity contribution >= 4 is 15.7 Å². The van der Waals surface area contributed by atoms with Gasteiger partial charge in [-0.1, -0.05) is 13.8 Å². The molecule has 0 spiro atoms. The molecule has 2 aliphatic rings. The number of nitrogens with zero attached hydrogens (tertiary/aromatic N) is 5. The predicted molar refractivity (Wildman–Crippen MR) is 110 cm³/mol. The fraction of sp³-hybridized carbons (Fsp3) is 0.550. The van der Waals surface area contributed by atoms with Gasteiger partial charge in [0.1, 0.15) is 11.6 Å². The highest BCUT2D eigenvalue weighted by molar-refractivity contribution is 7.89. The van der Waals surface area contributed by atoms with Crippen LogP contribution in [0.3, 0.4) is 0 Å². The van der Waals surface area contributed by atoms with Gasteiger partial charge in [0.2, 0.25) is 0 Å². The van der Waals surface area contributed by atoms with Crippen molar-refractivity contribution in [2.24, 2.45) is 7.05 Å². The molecule has 0 bridgehead atoms. The number of rotatable bonds is 5. The van der Waals surface area contributed by atoms with Gasteiger partial charge in [-0.2, -0.15) is 4.31 Å². The second-order valence-electron chi connectivity index (χ2n) is 8.18. The Labute approximate surface area is 171 Å². The van der Waals surface area contributed by atoms with Crippen molar-refractivity contribution in [1.82, 2.24) is 18.8 Å². The summed E-state index contributed by atoms with van der Waals surface area (Å²) in [5, 5.41) is 0.142. The zero-order valence-corrected chi connectivity index (χ0v) is 17.9. The number of imidazole rings is 1. The van der Waals surface area contributed by atoms with Gasteiger partial charge < -0.3 is 9.47 Å². The Balaban J connectivity index is 1.33. The summed E-state index contributed by atoms with van der Waals surface area (Å²) in [7, 11) is -1.70. The number of aryl methyl sites for hydroxylation is 1. The largest absolute Gasteiger partial charge is 0.369 e. The molecule has 0 N–H and O–H groups in total. The Morgan fingerprint density at radius 3 is 2.24 bits per heavy atom. The first-order valence-electron chi connectivity index (χ1n) is 10.0. The molecule has 2 fully saturated rings. The van der Waals surface area contributed by atoms with E-state index in [4.69, 9.17) is 0 Å². The first-order valence-corrected chi connectivity index (χ1v) is 11.5. The molecule has 2 aliphatic heterocycles. The van der Waals surface area contributed by atoms with Crippen LogP contribution in [0.5, 0.6) is 0 Å². The highest BCUT2D eigenvalue weighted by Gasteiger charge is 2.41. The number of piperazine rings is 1. The van der Waals surface area contributed by atoms with Gasteiger partial charge in [0, 0.05) is 70.2 Å². The summed E-state index contributed by atoms with van der Waals surface area (Å²) in [6.45, 7) is 8.47. The van der Waals surface area contributed by atoms with Gasteiger partial charge in [0.15, 0.2) is 5.03 Å². The summed E-state index contributed by atoms with van der Waals surface area (Å²) in [6, 6.07) is 6.83. The number of anilines is 1. The highest BCUT2D eigenvalue weighted by Crippen LogP contribution is 2.26. The van der Waals surface area contributed by atoms with E-state index in [0.29, 0.717) is 13.1 Å². The van der Waals surface area contributed by atoms with Gasteiger partial charge in [-0.05, 0) is 24.3 Å². The van der Waals surface area contributed by atoms with Crippen LogP contribution in [0.1, 0.15) is 25.6 Å². The third-order valence-corrected chi connectivity index (χ3v) is 7.57. The number of aromatic nitrogens is 2. The van der Waals surface area contributed by atoms with Gasteiger partial charge in [0.25, 0.3) is 10.0 Å². The maximum Gasteiger partial charge on any atom is 0.262 e. The Hall–Kier alpha value is -1.97. The smallest absolute Gasteiger partial charge is 0.262 e. The maximum absolute atomic E-state index is 13.1. The molecule has 3 heterocycles. The first kappa shape index (κ1) is 20.3. The van der Waals surface area contributed by atoms with Crippen molar-refractivity contribution in [3.63, 3.8) is 0 Å². The molecule has 0 radical (unpaired) electrons. The highest BCUT2D eigenvalue weighted by atomic mass is 32.2.